The molecule has 1 aliphatic rings. The van der Waals surface area contributed by atoms with Crippen LogP contribution in [0.1, 0.15) is 32.3 Å². The standard InChI is InChI=1S/C18H23NO3/c1-12(2)22-18(21)16-7-5-4-6-15(16)17(20)19-14-10-8-13(3)9-11-14/h4-5,8-12,15-16H,6-7H2,1-3H3,(H,19,20)/t15-,16-/m0/s1. The number of carbonyl (C=O) groups is 2. The Balaban J connectivity index is 2.06. The molecule has 0 saturated carbocycles. The van der Waals surface area contributed by atoms with Gasteiger partial charge in [-0.2, -0.15) is 0 Å². The van der Waals surface area contributed by atoms with Gasteiger partial charge in [-0.15, -0.1) is 0 Å². The number of anilines is 1. The van der Waals surface area contributed by atoms with E-state index in [1.165, 1.54) is 0 Å². The van der Waals surface area contributed by atoms with Crippen molar-refractivity contribution in [2.24, 2.45) is 11.8 Å². The maximum atomic E-state index is 12.5. The van der Waals surface area contributed by atoms with E-state index in [9.17, 15) is 9.59 Å². The number of hydrogen-bond donors (Lipinski definition) is 1. The van der Waals surface area contributed by atoms with Crippen LogP contribution in [-0.2, 0) is 14.3 Å². The maximum Gasteiger partial charge on any atom is 0.310 e. The minimum absolute atomic E-state index is 0.126. The molecule has 0 aliphatic heterocycles. The number of rotatable bonds is 4. The van der Waals surface area contributed by atoms with E-state index >= 15 is 0 Å². The molecule has 0 radical (unpaired) electrons. The zero-order chi connectivity index (χ0) is 16.1. The molecule has 2 rings (SSSR count). The topological polar surface area (TPSA) is 55.4 Å². The lowest BCUT2D eigenvalue weighted by atomic mass is 9.82. The lowest BCUT2D eigenvalue weighted by molar-refractivity contribution is -0.156. The molecular formula is C18H23NO3. The van der Waals surface area contributed by atoms with Crippen molar-refractivity contribution in [2.75, 3.05) is 5.32 Å². The van der Waals surface area contributed by atoms with Crippen LogP contribution in [0.5, 0.6) is 0 Å². The fourth-order valence-corrected chi connectivity index (χ4v) is 2.56. The number of amides is 1. The van der Waals surface area contributed by atoms with Crippen LogP contribution in [-0.4, -0.2) is 18.0 Å². The number of benzene rings is 1. The molecule has 1 aromatic rings. The molecular weight excluding hydrogens is 278 g/mol. The molecule has 118 valence electrons. The highest BCUT2D eigenvalue weighted by molar-refractivity contribution is 5.95. The molecule has 1 N–H and O–H groups in total. The van der Waals surface area contributed by atoms with Crippen LogP contribution in [0.2, 0.25) is 0 Å². The first kappa shape index (κ1) is 16.3. The Kier molecular flexibility index (Phi) is 5.36. The first-order valence-electron chi connectivity index (χ1n) is 7.70. The van der Waals surface area contributed by atoms with E-state index in [0.717, 1.165) is 11.3 Å². The van der Waals surface area contributed by atoms with E-state index in [-0.39, 0.29) is 23.9 Å². The summed E-state index contributed by atoms with van der Waals surface area (Å²) in [5.74, 6) is -1.20. The molecule has 2 atom stereocenters. The number of ether oxygens (including phenoxy) is 1. The molecule has 0 unspecified atom stereocenters. The third kappa shape index (κ3) is 4.20. The molecule has 4 nitrogen and oxygen atoms in total. The summed E-state index contributed by atoms with van der Waals surface area (Å²) in [5, 5.41) is 2.90. The molecule has 22 heavy (non-hydrogen) atoms. The largest absolute Gasteiger partial charge is 0.463 e. The van der Waals surface area contributed by atoms with E-state index in [1.54, 1.807) is 0 Å². The second kappa shape index (κ2) is 7.25. The Morgan fingerprint density at radius 2 is 1.68 bits per heavy atom. The monoisotopic (exact) mass is 301 g/mol. The first-order valence-corrected chi connectivity index (χ1v) is 7.70. The Labute approximate surface area is 131 Å². The van der Waals surface area contributed by atoms with Crippen molar-refractivity contribution < 1.29 is 14.3 Å². The van der Waals surface area contributed by atoms with Gasteiger partial charge in [-0.25, -0.2) is 0 Å². The van der Waals surface area contributed by atoms with Crippen molar-refractivity contribution in [3.8, 4) is 0 Å². The van der Waals surface area contributed by atoms with Crippen molar-refractivity contribution in [3.63, 3.8) is 0 Å². The zero-order valence-corrected chi connectivity index (χ0v) is 13.3. The third-order valence-corrected chi connectivity index (χ3v) is 3.74. The van der Waals surface area contributed by atoms with Crippen LogP contribution in [0.3, 0.4) is 0 Å². The quantitative estimate of drug-likeness (QED) is 0.684. The molecule has 0 heterocycles. The number of aryl methyl sites for hydroxylation is 1. The summed E-state index contributed by atoms with van der Waals surface area (Å²) in [6.07, 6.45) is 4.85. The highest BCUT2D eigenvalue weighted by Gasteiger charge is 2.35. The normalized spacial score (nSPS) is 20.7. The van der Waals surface area contributed by atoms with Gasteiger partial charge in [-0.3, -0.25) is 9.59 Å². The van der Waals surface area contributed by atoms with Gasteiger partial charge < -0.3 is 10.1 Å². The molecule has 0 saturated heterocycles. The SMILES string of the molecule is Cc1ccc(NC(=O)[C@H]2CC=CC[C@@H]2C(=O)OC(C)C)cc1. The fraction of sp³-hybridized carbons (Fsp3) is 0.444. The second-order valence-corrected chi connectivity index (χ2v) is 6.00. The molecule has 0 aromatic heterocycles. The van der Waals surface area contributed by atoms with Gasteiger partial charge in [0.25, 0.3) is 0 Å². The van der Waals surface area contributed by atoms with E-state index in [0.29, 0.717) is 12.8 Å². The Hall–Kier alpha value is -2.10. The van der Waals surface area contributed by atoms with Crippen LogP contribution < -0.4 is 5.32 Å². The lowest BCUT2D eigenvalue weighted by Gasteiger charge is -2.26. The minimum atomic E-state index is -0.405. The summed E-state index contributed by atoms with van der Waals surface area (Å²) >= 11 is 0. The summed E-state index contributed by atoms with van der Waals surface area (Å²) in [6, 6.07) is 7.63. The van der Waals surface area contributed by atoms with E-state index in [2.05, 4.69) is 5.32 Å². The number of carbonyl (C=O) groups excluding carboxylic acids is 2. The number of hydrogen-bond acceptors (Lipinski definition) is 3. The van der Waals surface area contributed by atoms with Crippen LogP contribution in [0.15, 0.2) is 36.4 Å². The van der Waals surface area contributed by atoms with Crippen molar-refractivity contribution in [2.45, 2.75) is 39.7 Å². The average molecular weight is 301 g/mol. The van der Waals surface area contributed by atoms with E-state index in [1.807, 2.05) is 57.2 Å². The Morgan fingerprint density at radius 3 is 2.27 bits per heavy atom. The average Bonchev–Trinajstić information content (AvgIpc) is 2.49. The van der Waals surface area contributed by atoms with Crippen LogP contribution in [0.4, 0.5) is 5.69 Å². The summed E-state index contributed by atoms with van der Waals surface area (Å²) in [6.45, 7) is 5.63. The highest BCUT2D eigenvalue weighted by Crippen LogP contribution is 2.28. The second-order valence-electron chi connectivity index (χ2n) is 6.00. The summed E-state index contributed by atoms with van der Waals surface area (Å²) in [7, 11) is 0. The molecule has 1 aliphatic carbocycles. The van der Waals surface area contributed by atoms with Crippen molar-refractivity contribution >= 4 is 17.6 Å². The van der Waals surface area contributed by atoms with Crippen LogP contribution in [0, 0.1) is 18.8 Å². The summed E-state index contributed by atoms with van der Waals surface area (Å²) in [4.78, 5) is 24.7. The summed E-state index contributed by atoms with van der Waals surface area (Å²) < 4.78 is 5.28. The van der Waals surface area contributed by atoms with Gasteiger partial charge in [0.1, 0.15) is 0 Å². The maximum absolute atomic E-state index is 12.5. The highest BCUT2D eigenvalue weighted by atomic mass is 16.5. The number of esters is 1. The van der Waals surface area contributed by atoms with Crippen molar-refractivity contribution in [1.82, 2.24) is 0 Å². The smallest absolute Gasteiger partial charge is 0.310 e. The predicted octanol–water partition coefficient (Wildman–Crippen LogP) is 3.47. The summed E-state index contributed by atoms with van der Waals surface area (Å²) in [5.41, 5.74) is 1.89. The van der Waals surface area contributed by atoms with Crippen LogP contribution in [0.25, 0.3) is 0 Å². The van der Waals surface area contributed by atoms with Crippen molar-refractivity contribution in [1.29, 1.82) is 0 Å². The molecule has 0 spiro atoms. The predicted molar refractivity (Wildman–Crippen MR) is 86.4 cm³/mol. The molecule has 1 amide bonds. The van der Waals surface area contributed by atoms with Gasteiger partial charge in [0.2, 0.25) is 5.91 Å². The Morgan fingerprint density at radius 1 is 1.09 bits per heavy atom. The Bertz CT molecular complexity index is 560. The zero-order valence-electron chi connectivity index (χ0n) is 13.3. The van der Waals surface area contributed by atoms with E-state index < -0.39 is 5.92 Å². The van der Waals surface area contributed by atoms with Gasteiger partial charge in [-0.1, -0.05) is 29.8 Å². The molecule has 1 aromatic carbocycles. The van der Waals surface area contributed by atoms with Gasteiger partial charge in [-0.05, 0) is 45.7 Å². The third-order valence-electron chi connectivity index (χ3n) is 3.74. The molecule has 4 heteroatoms. The van der Waals surface area contributed by atoms with Crippen molar-refractivity contribution in [3.05, 3.63) is 42.0 Å². The first-order chi connectivity index (χ1) is 10.5. The molecule has 0 bridgehead atoms. The lowest BCUT2D eigenvalue weighted by Crippen LogP contribution is -2.36. The fourth-order valence-electron chi connectivity index (χ4n) is 2.56. The molecule has 0 fully saturated rings. The van der Waals surface area contributed by atoms with Gasteiger partial charge in [0.15, 0.2) is 0 Å². The van der Waals surface area contributed by atoms with E-state index in [4.69, 9.17) is 4.74 Å². The number of nitrogens with one attached hydrogen (secondary N) is 1. The van der Waals surface area contributed by atoms with Gasteiger partial charge in [0, 0.05) is 5.69 Å². The minimum Gasteiger partial charge on any atom is -0.463 e. The van der Waals surface area contributed by atoms with Gasteiger partial charge in [0.05, 0.1) is 17.9 Å². The van der Waals surface area contributed by atoms with Crippen LogP contribution >= 0.6 is 0 Å². The van der Waals surface area contributed by atoms with Gasteiger partial charge >= 0.3 is 5.97 Å². The number of allylic oxidation sites excluding steroid dienone is 2.